The molecule has 0 bridgehead atoms. The summed E-state index contributed by atoms with van der Waals surface area (Å²) in [5.74, 6) is 0.883. The minimum absolute atomic E-state index is 0.127. The van der Waals surface area contributed by atoms with Gasteiger partial charge in [-0.2, -0.15) is 0 Å². The quantitative estimate of drug-likeness (QED) is 0.842. The molecular weight excluding hydrogens is 248 g/mol. The summed E-state index contributed by atoms with van der Waals surface area (Å²) in [7, 11) is 0. The van der Waals surface area contributed by atoms with Crippen molar-refractivity contribution < 1.29 is 9.21 Å². The maximum atomic E-state index is 11.5. The maximum absolute atomic E-state index is 11.5. The van der Waals surface area contributed by atoms with Crippen molar-refractivity contribution >= 4 is 17.4 Å². The number of amides is 2. The van der Waals surface area contributed by atoms with E-state index in [1.54, 1.807) is 17.6 Å². The summed E-state index contributed by atoms with van der Waals surface area (Å²) >= 11 is 1.71. The molecule has 0 saturated heterocycles. The molecule has 2 amide bonds. The van der Waals surface area contributed by atoms with E-state index in [-0.39, 0.29) is 6.03 Å². The van der Waals surface area contributed by atoms with Crippen LogP contribution in [0.25, 0.3) is 0 Å². The van der Waals surface area contributed by atoms with E-state index in [0.717, 1.165) is 12.2 Å². The van der Waals surface area contributed by atoms with E-state index in [0.29, 0.717) is 19.5 Å². The van der Waals surface area contributed by atoms with E-state index < -0.39 is 0 Å². The Morgan fingerprint density at radius 2 is 2.00 bits per heavy atom. The third-order valence-electron chi connectivity index (χ3n) is 2.47. The molecule has 18 heavy (non-hydrogen) atoms. The Labute approximate surface area is 110 Å². The van der Waals surface area contributed by atoms with Crippen molar-refractivity contribution in [2.24, 2.45) is 0 Å². The molecule has 0 atom stereocenters. The van der Waals surface area contributed by atoms with E-state index in [4.69, 9.17) is 4.42 Å². The highest BCUT2D eigenvalue weighted by Gasteiger charge is 2.01. The van der Waals surface area contributed by atoms with E-state index >= 15 is 0 Å². The maximum Gasteiger partial charge on any atom is 0.314 e. The highest BCUT2D eigenvalue weighted by atomic mass is 32.1. The van der Waals surface area contributed by atoms with Gasteiger partial charge in [-0.25, -0.2) is 4.79 Å². The average Bonchev–Trinajstić information content (AvgIpc) is 3.01. The first-order chi connectivity index (χ1) is 8.84. The lowest BCUT2D eigenvalue weighted by Crippen LogP contribution is -2.37. The van der Waals surface area contributed by atoms with Gasteiger partial charge in [0.15, 0.2) is 0 Å². The van der Waals surface area contributed by atoms with Crippen molar-refractivity contribution in [3.8, 4) is 0 Å². The average molecular weight is 264 g/mol. The number of carbonyl (C=O) groups excluding carboxylic acids is 1. The molecule has 0 fully saturated rings. The van der Waals surface area contributed by atoms with E-state index in [1.807, 2.05) is 23.6 Å². The van der Waals surface area contributed by atoms with Gasteiger partial charge < -0.3 is 15.1 Å². The Kier molecular flexibility index (Phi) is 4.84. The van der Waals surface area contributed by atoms with Crippen LogP contribution in [0.5, 0.6) is 0 Å². The molecule has 0 aromatic carbocycles. The van der Waals surface area contributed by atoms with Crippen molar-refractivity contribution in [3.63, 3.8) is 0 Å². The molecule has 2 N–H and O–H groups in total. The molecule has 2 heterocycles. The molecule has 4 nitrogen and oxygen atoms in total. The molecule has 0 aliphatic heterocycles. The molecule has 2 aromatic rings. The van der Waals surface area contributed by atoms with Gasteiger partial charge in [0.1, 0.15) is 5.76 Å². The number of furan rings is 1. The summed E-state index contributed by atoms with van der Waals surface area (Å²) in [4.78, 5) is 12.7. The largest absolute Gasteiger partial charge is 0.469 e. The molecule has 0 saturated carbocycles. The van der Waals surface area contributed by atoms with Crippen molar-refractivity contribution in [2.75, 3.05) is 13.1 Å². The zero-order valence-corrected chi connectivity index (χ0v) is 10.8. The lowest BCUT2D eigenvalue weighted by atomic mass is 10.3. The molecule has 0 radical (unpaired) electrons. The third kappa shape index (κ3) is 4.25. The predicted molar refractivity (Wildman–Crippen MR) is 71.8 cm³/mol. The van der Waals surface area contributed by atoms with Gasteiger partial charge in [-0.05, 0) is 30.0 Å². The molecule has 0 aliphatic rings. The van der Waals surface area contributed by atoms with Crippen molar-refractivity contribution in [2.45, 2.75) is 12.8 Å². The second-order valence-electron chi connectivity index (χ2n) is 3.84. The van der Waals surface area contributed by atoms with E-state index in [9.17, 15) is 4.79 Å². The Balaban J connectivity index is 1.55. The number of hydrogen-bond donors (Lipinski definition) is 2. The van der Waals surface area contributed by atoms with Crippen LogP contribution in [0.3, 0.4) is 0 Å². The van der Waals surface area contributed by atoms with Crippen LogP contribution in [0.15, 0.2) is 40.3 Å². The normalized spacial score (nSPS) is 10.2. The fourth-order valence-corrected chi connectivity index (χ4v) is 2.28. The Morgan fingerprint density at radius 3 is 2.67 bits per heavy atom. The number of urea groups is 1. The Hall–Kier alpha value is -1.75. The first-order valence-corrected chi connectivity index (χ1v) is 6.79. The number of thiophene rings is 1. The second kappa shape index (κ2) is 6.86. The minimum atomic E-state index is -0.127. The zero-order valence-electron chi connectivity index (χ0n) is 10.0. The van der Waals surface area contributed by atoms with Crippen LogP contribution in [0.1, 0.15) is 10.6 Å². The number of nitrogens with one attached hydrogen (secondary N) is 2. The Morgan fingerprint density at radius 1 is 1.17 bits per heavy atom. The van der Waals surface area contributed by atoms with Crippen LogP contribution >= 0.6 is 11.3 Å². The molecule has 2 rings (SSSR count). The molecule has 96 valence electrons. The van der Waals surface area contributed by atoms with E-state index in [2.05, 4.69) is 16.7 Å². The fraction of sp³-hybridized carbons (Fsp3) is 0.308. The van der Waals surface area contributed by atoms with Crippen molar-refractivity contribution in [3.05, 3.63) is 46.5 Å². The minimum Gasteiger partial charge on any atom is -0.469 e. The van der Waals surface area contributed by atoms with Gasteiger partial charge in [-0.3, -0.25) is 0 Å². The highest BCUT2D eigenvalue weighted by molar-refractivity contribution is 7.09. The lowest BCUT2D eigenvalue weighted by molar-refractivity contribution is 0.241. The summed E-state index contributed by atoms with van der Waals surface area (Å²) < 4.78 is 5.18. The van der Waals surface area contributed by atoms with Gasteiger partial charge in [0, 0.05) is 24.4 Å². The van der Waals surface area contributed by atoms with Crippen LogP contribution in [-0.4, -0.2) is 19.1 Å². The van der Waals surface area contributed by atoms with Gasteiger partial charge in [-0.1, -0.05) is 6.07 Å². The third-order valence-corrected chi connectivity index (χ3v) is 3.41. The van der Waals surface area contributed by atoms with Crippen LogP contribution < -0.4 is 10.6 Å². The van der Waals surface area contributed by atoms with Gasteiger partial charge in [0.25, 0.3) is 0 Å². The summed E-state index contributed by atoms with van der Waals surface area (Å²) in [6, 6.07) is 7.70. The topological polar surface area (TPSA) is 54.3 Å². The van der Waals surface area contributed by atoms with Crippen molar-refractivity contribution in [1.82, 2.24) is 10.6 Å². The van der Waals surface area contributed by atoms with Gasteiger partial charge >= 0.3 is 6.03 Å². The zero-order chi connectivity index (χ0) is 12.6. The Bertz CT molecular complexity index is 409. The molecule has 0 unspecified atom stereocenters. The standard InChI is InChI=1S/C13H16N2O2S/c16-13(14-7-5-11-3-1-9-17-11)15-8-6-12-4-2-10-18-12/h1-4,9-10H,5-8H2,(H2,14,15,16). The molecule has 0 spiro atoms. The smallest absolute Gasteiger partial charge is 0.314 e. The summed E-state index contributed by atoms with van der Waals surface area (Å²) in [6.45, 7) is 1.24. The molecule has 0 aliphatic carbocycles. The van der Waals surface area contributed by atoms with Crippen molar-refractivity contribution in [1.29, 1.82) is 0 Å². The fourth-order valence-electron chi connectivity index (χ4n) is 1.57. The number of carbonyl (C=O) groups is 1. The van der Waals surface area contributed by atoms with E-state index in [1.165, 1.54) is 4.88 Å². The number of hydrogen-bond acceptors (Lipinski definition) is 3. The monoisotopic (exact) mass is 264 g/mol. The van der Waals surface area contributed by atoms with Crippen LogP contribution in [-0.2, 0) is 12.8 Å². The van der Waals surface area contributed by atoms with Gasteiger partial charge in [0.2, 0.25) is 0 Å². The lowest BCUT2D eigenvalue weighted by Gasteiger charge is -2.06. The second-order valence-corrected chi connectivity index (χ2v) is 4.87. The predicted octanol–water partition coefficient (Wildman–Crippen LogP) is 2.43. The SMILES string of the molecule is O=C(NCCc1ccco1)NCCc1cccs1. The molecule has 2 aromatic heterocycles. The first kappa shape index (κ1) is 12.7. The number of rotatable bonds is 6. The summed E-state index contributed by atoms with van der Waals surface area (Å²) in [5, 5.41) is 7.66. The summed E-state index contributed by atoms with van der Waals surface area (Å²) in [5.41, 5.74) is 0. The van der Waals surface area contributed by atoms with Gasteiger partial charge in [0.05, 0.1) is 6.26 Å². The van der Waals surface area contributed by atoms with Crippen LogP contribution in [0.2, 0.25) is 0 Å². The van der Waals surface area contributed by atoms with Crippen LogP contribution in [0, 0.1) is 0 Å². The molecular formula is C13H16N2O2S. The highest BCUT2D eigenvalue weighted by Crippen LogP contribution is 2.07. The van der Waals surface area contributed by atoms with Crippen LogP contribution in [0.4, 0.5) is 4.79 Å². The summed E-state index contributed by atoms with van der Waals surface area (Å²) in [6.07, 6.45) is 3.23. The molecule has 5 heteroatoms. The first-order valence-electron chi connectivity index (χ1n) is 5.91. The van der Waals surface area contributed by atoms with Gasteiger partial charge in [-0.15, -0.1) is 11.3 Å².